The largest absolute Gasteiger partial charge is 1.00 e. The van der Waals surface area contributed by atoms with Gasteiger partial charge in [0.05, 0.1) is 0 Å². The third-order valence-electron chi connectivity index (χ3n) is 0.309. The van der Waals surface area contributed by atoms with Crippen molar-refractivity contribution in [1.82, 2.24) is 4.98 Å². The summed E-state index contributed by atoms with van der Waals surface area (Å²) in [5.74, 6) is 0. The molecule has 1 rings (SSSR count). The number of aromatic nitrogens is 1. The second-order valence-electron chi connectivity index (χ2n) is 0.619. The molecule has 3 heteroatoms. The van der Waals surface area contributed by atoms with E-state index >= 15 is 0 Å². The molecule has 0 aromatic carbocycles. The molecule has 0 radical (unpaired) electrons. The minimum atomic E-state index is 0. The zero-order valence-electron chi connectivity index (χ0n) is 3.51. The van der Waals surface area contributed by atoms with Crippen molar-refractivity contribution in [2.75, 3.05) is 0 Å². The summed E-state index contributed by atoms with van der Waals surface area (Å²) in [4.78, 5) is 3.69. The van der Waals surface area contributed by atoms with Gasteiger partial charge in [-0.25, -0.2) is 0 Å². The Balaban J connectivity index is 0.000000250. The van der Waals surface area contributed by atoms with E-state index in [-0.39, 0.29) is 18.9 Å². The molecule has 0 unspecified atom stereocenters. The minimum absolute atomic E-state index is 0. The maximum atomic E-state index is 3.69. The smallest absolute Gasteiger partial charge is 0.368 e. The first-order valence-electron chi connectivity index (χ1n) is 1.24. The normalized spacial score (nSPS) is 6.67. The van der Waals surface area contributed by atoms with Crippen molar-refractivity contribution < 1.29 is 18.9 Å². The van der Waals surface area contributed by atoms with E-state index in [4.69, 9.17) is 0 Å². The van der Waals surface area contributed by atoms with E-state index in [2.05, 4.69) is 10.4 Å². The zero-order valence-corrected chi connectivity index (χ0v) is 4.33. The Morgan fingerprint density at radius 2 is 2.50 bits per heavy atom. The average molecular weight is 91.1 g/mol. The molecule has 1 nitrogen and oxygen atoms in total. The van der Waals surface area contributed by atoms with Gasteiger partial charge in [0.2, 0.25) is 0 Å². The molecule has 0 aliphatic heterocycles. The molecule has 1 heterocycles. The summed E-state index contributed by atoms with van der Waals surface area (Å²) in [5, 5.41) is 2.79. The van der Waals surface area contributed by atoms with Gasteiger partial charge in [0.25, 0.3) is 0 Å². The fraction of sp³-hybridized carbons (Fsp3) is 0. The van der Waals surface area contributed by atoms with Gasteiger partial charge in [-0.3, -0.25) is 0 Å². The standard InChI is InChI=1S/C3H2NS.Li/c1-2-5-3-4-1;/h1,3H;/q-1;+1. The van der Waals surface area contributed by atoms with Gasteiger partial charge in [0.1, 0.15) is 0 Å². The zero-order chi connectivity index (χ0) is 3.54. The molecule has 0 saturated heterocycles. The second-order valence-corrected chi connectivity index (χ2v) is 1.30. The Bertz CT molecular complexity index is 67.3. The van der Waals surface area contributed by atoms with Crippen LogP contribution in [0.4, 0.5) is 0 Å². The molecule has 0 N–H and O–H groups in total. The molecule has 6 heavy (non-hydrogen) atoms. The minimum Gasteiger partial charge on any atom is -0.368 e. The van der Waals surface area contributed by atoms with Crippen molar-refractivity contribution in [3.8, 4) is 0 Å². The van der Waals surface area contributed by atoms with Crippen LogP contribution in [0.5, 0.6) is 0 Å². The fourth-order valence-corrected chi connectivity index (χ4v) is 0.456. The second kappa shape index (κ2) is 3.42. The van der Waals surface area contributed by atoms with Gasteiger partial charge in [-0.1, -0.05) is 11.7 Å². The molecule has 26 valence electrons. The van der Waals surface area contributed by atoms with Gasteiger partial charge in [-0.2, -0.15) is 5.38 Å². The predicted molar refractivity (Wildman–Crippen MR) is 20.9 cm³/mol. The molecular weight excluding hydrogens is 89.0 g/mol. The van der Waals surface area contributed by atoms with Gasteiger partial charge in [-0.15, -0.1) is 0 Å². The SMILES string of the molecule is [Li+].[c-]1cncs1. The van der Waals surface area contributed by atoms with Gasteiger partial charge in [0, 0.05) is 0 Å². The molecule has 0 saturated carbocycles. The number of hydrogen-bond acceptors (Lipinski definition) is 2. The maximum absolute atomic E-state index is 3.69. The summed E-state index contributed by atoms with van der Waals surface area (Å²) in [6.45, 7) is 0. The Kier molecular flexibility index (Phi) is 3.55. The summed E-state index contributed by atoms with van der Waals surface area (Å²) >= 11 is 1.48. The van der Waals surface area contributed by atoms with E-state index < -0.39 is 0 Å². The molecule has 0 atom stereocenters. The van der Waals surface area contributed by atoms with Crippen LogP contribution in [-0.2, 0) is 0 Å². The molecule has 1 aromatic rings. The number of rotatable bonds is 0. The van der Waals surface area contributed by atoms with E-state index in [1.165, 1.54) is 11.3 Å². The third-order valence-corrected chi connectivity index (χ3v) is 0.777. The Hall–Kier alpha value is 0.227. The van der Waals surface area contributed by atoms with Crippen LogP contribution in [0.15, 0.2) is 11.7 Å². The van der Waals surface area contributed by atoms with Crippen LogP contribution in [0.2, 0.25) is 0 Å². The first kappa shape index (κ1) is 6.23. The Morgan fingerprint density at radius 3 is 2.67 bits per heavy atom. The topological polar surface area (TPSA) is 12.9 Å². The van der Waals surface area contributed by atoms with E-state index in [1.54, 1.807) is 11.7 Å². The van der Waals surface area contributed by atoms with Gasteiger partial charge in [-0.05, 0) is 0 Å². The third kappa shape index (κ3) is 1.61. The van der Waals surface area contributed by atoms with E-state index in [1.807, 2.05) is 0 Å². The van der Waals surface area contributed by atoms with Gasteiger partial charge < -0.3 is 16.3 Å². The summed E-state index contributed by atoms with van der Waals surface area (Å²) in [6.07, 6.45) is 1.64. The number of thiazole rings is 1. The molecule has 0 spiro atoms. The van der Waals surface area contributed by atoms with Crippen LogP contribution in [0.25, 0.3) is 0 Å². The molecule has 0 aliphatic rings. The molecule has 0 bridgehead atoms. The number of nitrogens with zero attached hydrogens (tertiary/aromatic N) is 1. The Labute approximate surface area is 52.6 Å². The fourth-order valence-electron chi connectivity index (χ4n) is 0.152. The van der Waals surface area contributed by atoms with Gasteiger partial charge in [0.15, 0.2) is 0 Å². The average Bonchev–Trinajstić information content (AvgIpc) is 1.76. The van der Waals surface area contributed by atoms with E-state index in [9.17, 15) is 0 Å². The molecule has 0 aliphatic carbocycles. The summed E-state index contributed by atoms with van der Waals surface area (Å²) in [5.41, 5.74) is 1.74. The van der Waals surface area contributed by atoms with Gasteiger partial charge >= 0.3 is 18.9 Å². The monoisotopic (exact) mass is 91.0 g/mol. The van der Waals surface area contributed by atoms with Crippen molar-refractivity contribution in [2.45, 2.75) is 0 Å². The van der Waals surface area contributed by atoms with Crippen LogP contribution in [0, 0.1) is 5.38 Å². The predicted octanol–water partition coefficient (Wildman–Crippen LogP) is -2.05. The Morgan fingerprint density at radius 1 is 1.67 bits per heavy atom. The molecule has 0 fully saturated rings. The van der Waals surface area contributed by atoms with Crippen molar-refractivity contribution in [3.63, 3.8) is 0 Å². The quantitative estimate of drug-likeness (QED) is 0.264. The maximum Gasteiger partial charge on any atom is 1.00 e. The number of hydrogen-bond donors (Lipinski definition) is 0. The molecular formula is C3H2LiNS. The van der Waals surface area contributed by atoms with Crippen molar-refractivity contribution >= 4 is 11.3 Å². The van der Waals surface area contributed by atoms with Crippen LogP contribution >= 0.6 is 11.3 Å². The van der Waals surface area contributed by atoms with Crippen LogP contribution in [-0.4, -0.2) is 4.98 Å². The first-order chi connectivity index (χ1) is 2.50. The van der Waals surface area contributed by atoms with Crippen LogP contribution < -0.4 is 18.9 Å². The molecule has 0 amide bonds. The summed E-state index contributed by atoms with van der Waals surface area (Å²) in [7, 11) is 0. The summed E-state index contributed by atoms with van der Waals surface area (Å²) in [6, 6.07) is 0. The van der Waals surface area contributed by atoms with E-state index in [0.717, 1.165) is 0 Å². The first-order valence-corrected chi connectivity index (χ1v) is 2.12. The van der Waals surface area contributed by atoms with Crippen molar-refractivity contribution in [1.29, 1.82) is 0 Å². The van der Waals surface area contributed by atoms with Crippen LogP contribution in [0.1, 0.15) is 0 Å². The molecule has 1 aromatic heterocycles. The van der Waals surface area contributed by atoms with Crippen LogP contribution in [0.3, 0.4) is 0 Å². The summed E-state index contributed by atoms with van der Waals surface area (Å²) < 4.78 is 0. The van der Waals surface area contributed by atoms with E-state index in [0.29, 0.717) is 0 Å². The van der Waals surface area contributed by atoms with Crippen molar-refractivity contribution in [2.24, 2.45) is 0 Å². The van der Waals surface area contributed by atoms with Crippen molar-refractivity contribution in [3.05, 3.63) is 17.1 Å².